The van der Waals surface area contributed by atoms with Crippen LogP contribution < -0.4 is 0 Å². The summed E-state index contributed by atoms with van der Waals surface area (Å²) in [5, 5.41) is 0. The van der Waals surface area contributed by atoms with E-state index in [1.807, 2.05) is 13.8 Å². The number of alkyl halides is 3. The van der Waals surface area contributed by atoms with Crippen LogP contribution in [0.2, 0.25) is 0 Å². The van der Waals surface area contributed by atoms with E-state index in [1.54, 1.807) is 0 Å². The Hall–Kier alpha value is -1.53. The van der Waals surface area contributed by atoms with Gasteiger partial charge in [-0.2, -0.15) is 13.2 Å². The Morgan fingerprint density at radius 1 is 1.06 bits per heavy atom. The predicted molar refractivity (Wildman–Crippen MR) is 110 cm³/mol. The second-order valence-electron chi connectivity index (χ2n) is 11.0. The molecule has 0 aromatic carbocycles. The molecule has 4 rings (SSSR count). The fourth-order valence-corrected chi connectivity index (χ4v) is 6.27. The van der Waals surface area contributed by atoms with Crippen molar-refractivity contribution in [3.8, 4) is 0 Å². The van der Waals surface area contributed by atoms with E-state index in [0.29, 0.717) is 37.0 Å². The molecule has 0 aromatic rings. The van der Waals surface area contributed by atoms with Crippen molar-refractivity contribution in [2.75, 3.05) is 0 Å². The van der Waals surface area contributed by atoms with Crippen LogP contribution in [-0.2, 0) is 19.1 Å². The van der Waals surface area contributed by atoms with Gasteiger partial charge in [0.25, 0.3) is 0 Å². The van der Waals surface area contributed by atoms with E-state index in [2.05, 4.69) is 6.58 Å². The lowest BCUT2D eigenvalue weighted by Gasteiger charge is -2.55. The van der Waals surface area contributed by atoms with Gasteiger partial charge in [0.2, 0.25) is 5.60 Å². The second kappa shape index (κ2) is 8.43. The molecule has 4 bridgehead atoms. The summed E-state index contributed by atoms with van der Waals surface area (Å²) in [6.45, 7) is 9.55. The van der Waals surface area contributed by atoms with Gasteiger partial charge in [0.1, 0.15) is 6.10 Å². The first-order valence-corrected chi connectivity index (χ1v) is 11.4. The molecule has 4 nitrogen and oxygen atoms in total. The van der Waals surface area contributed by atoms with Gasteiger partial charge in [-0.3, -0.25) is 4.79 Å². The average Bonchev–Trinajstić information content (AvgIpc) is 2.58. The molecule has 7 heteroatoms. The highest BCUT2D eigenvalue weighted by Crippen LogP contribution is 2.61. The topological polar surface area (TPSA) is 52.6 Å². The SMILES string of the molecule is C=C(C)C(=O)OC(CC(C)C)CC(C)(OC(=O)C12CC3CC(CC(C3)C1)C2)C(F)(F)F. The van der Waals surface area contributed by atoms with Crippen molar-refractivity contribution in [2.45, 2.75) is 96.9 Å². The van der Waals surface area contributed by atoms with E-state index in [-0.39, 0.29) is 17.9 Å². The summed E-state index contributed by atoms with van der Waals surface area (Å²) in [6.07, 6.45) is -1.06. The number of rotatable bonds is 8. The Balaban J connectivity index is 1.80. The van der Waals surface area contributed by atoms with Crippen LogP contribution in [-0.4, -0.2) is 29.8 Å². The van der Waals surface area contributed by atoms with Gasteiger partial charge >= 0.3 is 18.1 Å². The minimum absolute atomic E-state index is 0.000685. The zero-order chi connectivity index (χ0) is 23.2. The number of hydrogen-bond acceptors (Lipinski definition) is 4. The Morgan fingerprint density at radius 3 is 1.94 bits per heavy atom. The Morgan fingerprint density at radius 2 is 1.55 bits per heavy atom. The molecule has 176 valence electrons. The largest absolute Gasteiger partial charge is 0.459 e. The number of ether oxygens (including phenoxy) is 2. The average molecular weight is 445 g/mol. The zero-order valence-electron chi connectivity index (χ0n) is 19.0. The lowest BCUT2D eigenvalue weighted by molar-refractivity contribution is -0.278. The van der Waals surface area contributed by atoms with Crippen LogP contribution >= 0.6 is 0 Å². The molecule has 0 amide bonds. The van der Waals surface area contributed by atoms with E-state index < -0.39 is 41.7 Å². The first-order chi connectivity index (χ1) is 14.2. The molecule has 4 saturated carbocycles. The molecule has 31 heavy (non-hydrogen) atoms. The van der Waals surface area contributed by atoms with Crippen molar-refractivity contribution in [2.24, 2.45) is 29.1 Å². The maximum atomic E-state index is 14.2. The van der Waals surface area contributed by atoms with Gasteiger partial charge < -0.3 is 9.47 Å². The van der Waals surface area contributed by atoms with Gasteiger partial charge in [0.15, 0.2) is 0 Å². The van der Waals surface area contributed by atoms with Gasteiger partial charge in [-0.15, -0.1) is 0 Å². The number of halogens is 3. The van der Waals surface area contributed by atoms with Crippen molar-refractivity contribution in [1.82, 2.24) is 0 Å². The fraction of sp³-hybridized carbons (Fsp3) is 0.833. The molecule has 0 spiro atoms. The lowest BCUT2D eigenvalue weighted by atomic mass is 9.49. The van der Waals surface area contributed by atoms with Gasteiger partial charge in [-0.1, -0.05) is 20.4 Å². The molecule has 4 aliphatic rings. The van der Waals surface area contributed by atoms with Crippen molar-refractivity contribution in [3.63, 3.8) is 0 Å². The second-order valence-corrected chi connectivity index (χ2v) is 11.0. The van der Waals surface area contributed by atoms with Gasteiger partial charge in [-0.25, -0.2) is 4.79 Å². The normalized spacial score (nSPS) is 32.5. The summed E-state index contributed by atoms with van der Waals surface area (Å²) in [6, 6.07) is 0. The molecule has 0 radical (unpaired) electrons. The van der Waals surface area contributed by atoms with E-state index >= 15 is 0 Å². The van der Waals surface area contributed by atoms with Crippen LogP contribution in [0.15, 0.2) is 12.2 Å². The third kappa shape index (κ3) is 5.11. The number of esters is 2. The van der Waals surface area contributed by atoms with Crippen LogP contribution in [0.3, 0.4) is 0 Å². The Labute approximate surface area is 182 Å². The van der Waals surface area contributed by atoms with E-state index in [0.717, 1.165) is 26.2 Å². The van der Waals surface area contributed by atoms with Crippen LogP contribution in [0, 0.1) is 29.1 Å². The molecule has 4 aliphatic carbocycles. The smallest absolute Gasteiger partial charge is 0.428 e. The maximum Gasteiger partial charge on any atom is 0.428 e. The van der Waals surface area contributed by atoms with Crippen LogP contribution in [0.4, 0.5) is 13.2 Å². The van der Waals surface area contributed by atoms with Gasteiger partial charge in [0.05, 0.1) is 5.41 Å². The third-order valence-corrected chi connectivity index (χ3v) is 7.36. The molecule has 0 heterocycles. The first-order valence-electron chi connectivity index (χ1n) is 11.4. The molecule has 4 fully saturated rings. The number of carbonyl (C=O) groups excluding carboxylic acids is 2. The molecule has 0 saturated heterocycles. The summed E-state index contributed by atoms with van der Waals surface area (Å²) in [7, 11) is 0. The minimum atomic E-state index is -4.78. The van der Waals surface area contributed by atoms with Gasteiger partial charge in [-0.05, 0) is 82.5 Å². The van der Waals surface area contributed by atoms with Crippen molar-refractivity contribution in [1.29, 1.82) is 0 Å². The molecule has 0 N–H and O–H groups in total. The molecule has 0 aliphatic heterocycles. The summed E-state index contributed by atoms with van der Waals surface area (Å²) < 4.78 is 53.3. The van der Waals surface area contributed by atoms with Crippen molar-refractivity contribution in [3.05, 3.63) is 12.2 Å². The highest BCUT2D eigenvalue weighted by atomic mass is 19.4. The number of hydrogen-bond donors (Lipinski definition) is 0. The molecule has 2 atom stereocenters. The molecule has 0 aromatic heterocycles. The van der Waals surface area contributed by atoms with Crippen LogP contribution in [0.5, 0.6) is 0 Å². The summed E-state index contributed by atoms with van der Waals surface area (Å²) in [4.78, 5) is 25.3. The fourth-order valence-electron chi connectivity index (χ4n) is 6.27. The maximum absolute atomic E-state index is 14.2. The standard InChI is InChI=1S/C24H35F3O4/c1-14(2)6-19(30-20(28)15(3)4)13-22(5,24(25,26)27)31-21(29)23-10-16-7-17(11-23)9-18(8-16)12-23/h14,16-19H,3,6-13H2,1-2,4-5H3. The first kappa shape index (κ1) is 24.1. The zero-order valence-corrected chi connectivity index (χ0v) is 19.0. The van der Waals surface area contributed by atoms with Crippen LogP contribution in [0.25, 0.3) is 0 Å². The van der Waals surface area contributed by atoms with Crippen molar-refractivity contribution < 1.29 is 32.2 Å². The van der Waals surface area contributed by atoms with Crippen molar-refractivity contribution >= 4 is 11.9 Å². The Bertz CT molecular complexity index is 692. The number of carbonyl (C=O) groups is 2. The monoisotopic (exact) mass is 444 g/mol. The highest BCUT2D eigenvalue weighted by Gasteiger charge is 2.61. The lowest BCUT2D eigenvalue weighted by Crippen LogP contribution is -2.55. The van der Waals surface area contributed by atoms with E-state index in [9.17, 15) is 22.8 Å². The quantitative estimate of drug-likeness (QED) is 0.341. The highest BCUT2D eigenvalue weighted by molar-refractivity contribution is 5.87. The summed E-state index contributed by atoms with van der Waals surface area (Å²) in [5.74, 6) is -0.203. The minimum Gasteiger partial charge on any atom is -0.459 e. The van der Waals surface area contributed by atoms with Crippen LogP contribution in [0.1, 0.15) is 79.1 Å². The van der Waals surface area contributed by atoms with E-state index in [4.69, 9.17) is 9.47 Å². The Kier molecular flexibility index (Phi) is 6.56. The summed E-state index contributed by atoms with van der Waals surface area (Å²) >= 11 is 0. The summed E-state index contributed by atoms with van der Waals surface area (Å²) in [5.41, 5.74) is -3.39. The van der Waals surface area contributed by atoms with E-state index in [1.165, 1.54) is 6.92 Å². The predicted octanol–water partition coefficient (Wildman–Crippen LogP) is 5.99. The molecular weight excluding hydrogens is 409 g/mol. The molecular formula is C24H35F3O4. The van der Waals surface area contributed by atoms with Gasteiger partial charge in [0, 0.05) is 12.0 Å². The third-order valence-electron chi connectivity index (χ3n) is 7.36. The molecule has 2 unspecified atom stereocenters.